The molecule has 1 aromatic carbocycles. The van der Waals surface area contributed by atoms with E-state index in [1.807, 2.05) is 18.2 Å². The highest BCUT2D eigenvalue weighted by molar-refractivity contribution is 7.85. The summed E-state index contributed by atoms with van der Waals surface area (Å²) in [5, 5.41) is 0. The highest BCUT2D eigenvalue weighted by atomic mass is 32.2. The van der Waals surface area contributed by atoms with Crippen molar-refractivity contribution < 1.29 is 13.0 Å². The highest BCUT2D eigenvalue weighted by Crippen LogP contribution is 2.19. The molecular weight excluding hydrogens is 292 g/mol. The summed E-state index contributed by atoms with van der Waals surface area (Å²) < 4.78 is 34.2. The molecule has 21 heavy (non-hydrogen) atoms. The number of rotatable bonds is 4. The van der Waals surface area contributed by atoms with Gasteiger partial charge in [0, 0.05) is 24.2 Å². The zero-order valence-corrected chi connectivity index (χ0v) is 13.0. The van der Waals surface area contributed by atoms with Gasteiger partial charge in [-0.3, -0.25) is 14.0 Å². The molecule has 2 aromatic rings. The summed E-state index contributed by atoms with van der Waals surface area (Å²) >= 11 is 0. The third-order valence-electron chi connectivity index (χ3n) is 3.55. The minimum atomic E-state index is -4.13. The minimum Gasteiger partial charge on any atom is -0.286 e. The first-order chi connectivity index (χ1) is 9.72. The van der Waals surface area contributed by atoms with E-state index in [2.05, 4.69) is 0 Å². The molecule has 0 fully saturated rings. The maximum Gasteiger partial charge on any atom is 0.275 e. The van der Waals surface area contributed by atoms with Crippen LogP contribution in [-0.4, -0.2) is 28.1 Å². The van der Waals surface area contributed by atoms with Gasteiger partial charge >= 0.3 is 0 Å². The Labute approximate surface area is 123 Å². The van der Waals surface area contributed by atoms with Gasteiger partial charge in [0.05, 0.1) is 11.4 Å². The fourth-order valence-corrected chi connectivity index (χ4v) is 3.35. The Morgan fingerprint density at radius 3 is 2.33 bits per heavy atom. The number of hydrogen-bond acceptors (Lipinski definition) is 3. The van der Waals surface area contributed by atoms with E-state index in [-0.39, 0.29) is 5.56 Å². The van der Waals surface area contributed by atoms with Crippen molar-refractivity contribution in [2.75, 3.05) is 5.75 Å². The van der Waals surface area contributed by atoms with Gasteiger partial charge in [0.1, 0.15) is 0 Å². The molecule has 0 radical (unpaired) electrons. The van der Waals surface area contributed by atoms with Gasteiger partial charge in [0.15, 0.2) is 0 Å². The number of aromatic nitrogens is 2. The van der Waals surface area contributed by atoms with Gasteiger partial charge < -0.3 is 0 Å². The van der Waals surface area contributed by atoms with Crippen molar-refractivity contribution in [2.45, 2.75) is 19.8 Å². The van der Waals surface area contributed by atoms with Crippen LogP contribution >= 0.6 is 0 Å². The molecule has 0 bridgehead atoms. The fourth-order valence-electron chi connectivity index (χ4n) is 2.56. The van der Waals surface area contributed by atoms with E-state index >= 15 is 0 Å². The van der Waals surface area contributed by atoms with E-state index < -0.39 is 21.8 Å². The first-order valence-corrected chi connectivity index (χ1v) is 8.12. The molecule has 0 spiro atoms. The normalized spacial score (nSPS) is 13.3. The van der Waals surface area contributed by atoms with E-state index in [9.17, 15) is 13.2 Å². The van der Waals surface area contributed by atoms with Crippen molar-refractivity contribution in [1.82, 2.24) is 9.36 Å². The first kappa shape index (κ1) is 15.5. The van der Waals surface area contributed by atoms with Gasteiger partial charge in [-0.25, -0.2) is 4.68 Å². The van der Waals surface area contributed by atoms with E-state index in [4.69, 9.17) is 4.55 Å². The Balaban J connectivity index is 2.59. The summed E-state index contributed by atoms with van der Waals surface area (Å²) in [7, 11) is -2.39. The lowest BCUT2D eigenvalue weighted by Crippen LogP contribution is -2.23. The maximum absolute atomic E-state index is 12.6. The molecule has 0 aliphatic heterocycles. The Bertz CT molecular complexity index is 803. The lowest BCUT2D eigenvalue weighted by atomic mass is 10.0. The van der Waals surface area contributed by atoms with Crippen LogP contribution in [0.15, 0.2) is 35.1 Å². The van der Waals surface area contributed by atoms with Crippen molar-refractivity contribution in [3.8, 4) is 5.69 Å². The second-order valence-corrected chi connectivity index (χ2v) is 6.62. The van der Waals surface area contributed by atoms with E-state index in [0.717, 1.165) is 0 Å². The van der Waals surface area contributed by atoms with Crippen LogP contribution in [0, 0.1) is 6.92 Å². The van der Waals surface area contributed by atoms with Crippen molar-refractivity contribution >= 4 is 10.1 Å². The maximum atomic E-state index is 12.6. The van der Waals surface area contributed by atoms with Crippen LogP contribution in [0.25, 0.3) is 5.69 Å². The topological polar surface area (TPSA) is 81.3 Å². The molecule has 0 saturated heterocycles. The van der Waals surface area contributed by atoms with Crippen molar-refractivity contribution in [2.24, 2.45) is 7.05 Å². The molecule has 1 N–H and O–H groups in total. The van der Waals surface area contributed by atoms with Gasteiger partial charge in [-0.2, -0.15) is 8.42 Å². The average molecular weight is 310 g/mol. The molecule has 6 nitrogen and oxygen atoms in total. The Kier molecular flexibility index (Phi) is 4.06. The van der Waals surface area contributed by atoms with Gasteiger partial charge in [-0.1, -0.05) is 25.1 Å². The molecule has 1 atom stereocenters. The fraction of sp³-hybridized carbons (Fsp3) is 0.357. The average Bonchev–Trinajstić information content (AvgIpc) is 2.59. The number of benzene rings is 1. The van der Waals surface area contributed by atoms with Crippen LogP contribution in [0.3, 0.4) is 0 Å². The lowest BCUT2D eigenvalue weighted by Gasteiger charge is -2.08. The summed E-state index contributed by atoms with van der Waals surface area (Å²) in [5.41, 5.74) is 1.52. The summed E-state index contributed by atoms with van der Waals surface area (Å²) in [6.07, 6.45) is 0. The van der Waals surface area contributed by atoms with Gasteiger partial charge in [0.25, 0.3) is 15.7 Å². The highest BCUT2D eigenvalue weighted by Gasteiger charge is 2.24. The molecule has 0 saturated carbocycles. The molecule has 1 unspecified atom stereocenters. The van der Waals surface area contributed by atoms with Crippen molar-refractivity contribution in [1.29, 1.82) is 0 Å². The molecule has 2 rings (SSSR count). The van der Waals surface area contributed by atoms with E-state index in [1.54, 1.807) is 37.7 Å². The van der Waals surface area contributed by atoms with Crippen LogP contribution in [-0.2, 0) is 17.2 Å². The summed E-state index contributed by atoms with van der Waals surface area (Å²) in [6.45, 7) is 3.38. The second kappa shape index (κ2) is 5.50. The third-order valence-corrected chi connectivity index (χ3v) is 4.47. The monoisotopic (exact) mass is 310 g/mol. The second-order valence-electron chi connectivity index (χ2n) is 5.12. The SMILES string of the molecule is Cc1c(C(C)CS(=O)(=O)O)c(=O)n(-c2ccccc2)n1C. The predicted octanol–water partition coefficient (Wildman–Crippen LogP) is 1.48. The molecule has 0 aliphatic rings. The molecular formula is C14H18N2O4S. The third kappa shape index (κ3) is 3.08. The van der Waals surface area contributed by atoms with Gasteiger partial charge in [-0.05, 0) is 19.1 Å². The predicted molar refractivity (Wildman–Crippen MR) is 80.6 cm³/mol. The lowest BCUT2D eigenvalue weighted by molar-refractivity contribution is 0.478. The van der Waals surface area contributed by atoms with Crippen LogP contribution in [0.1, 0.15) is 24.1 Å². The number of para-hydroxylation sites is 1. The Hall–Kier alpha value is -1.86. The first-order valence-electron chi connectivity index (χ1n) is 6.51. The van der Waals surface area contributed by atoms with Gasteiger partial charge in [0.2, 0.25) is 0 Å². The quantitative estimate of drug-likeness (QED) is 0.867. The van der Waals surface area contributed by atoms with Crippen LogP contribution in [0.4, 0.5) is 0 Å². The zero-order valence-electron chi connectivity index (χ0n) is 12.1. The summed E-state index contributed by atoms with van der Waals surface area (Å²) in [6, 6.07) is 9.11. The smallest absolute Gasteiger partial charge is 0.275 e. The minimum absolute atomic E-state index is 0.266. The largest absolute Gasteiger partial charge is 0.286 e. The zero-order chi connectivity index (χ0) is 15.8. The van der Waals surface area contributed by atoms with Crippen LogP contribution in [0.5, 0.6) is 0 Å². The summed E-state index contributed by atoms with van der Waals surface area (Å²) in [5.74, 6) is -1.05. The van der Waals surface area contributed by atoms with E-state index in [1.165, 1.54) is 4.68 Å². The molecule has 114 valence electrons. The molecule has 1 aromatic heterocycles. The van der Waals surface area contributed by atoms with Crippen LogP contribution < -0.4 is 5.56 Å². The summed E-state index contributed by atoms with van der Waals surface area (Å²) in [4.78, 5) is 12.6. The standard InChI is InChI=1S/C14H18N2O4S/c1-10(9-21(18,19)20)13-11(2)15(3)16(14(13)17)12-7-5-4-6-8-12/h4-8,10H,9H2,1-3H3,(H,18,19,20). The molecule has 0 aliphatic carbocycles. The van der Waals surface area contributed by atoms with Crippen LogP contribution in [0.2, 0.25) is 0 Å². The van der Waals surface area contributed by atoms with E-state index in [0.29, 0.717) is 16.9 Å². The number of hydrogen-bond donors (Lipinski definition) is 1. The molecule has 7 heteroatoms. The van der Waals surface area contributed by atoms with Gasteiger partial charge in [-0.15, -0.1) is 0 Å². The molecule has 0 amide bonds. The number of nitrogens with zero attached hydrogens (tertiary/aromatic N) is 2. The molecule has 1 heterocycles. The van der Waals surface area contributed by atoms with Crippen molar-refractivity contribution in [3.63, 3.8) is 0 Å². The Morgan fingerprint density at radius 2 is 1.81 bits per heavy atom. The van der Waals surface area contributed by atoms with Crippen molar-refractivity contribution in [3.05, 3.63) is 51.9 Å². The Morgan fingerprint density at radius 1 is 1.24 bits per heavy atom.